The van der Waals surface area contributed by atoms with Crippen molar-refractivity contribution in [3.8, 4) is 0 Å². The van der Waals surface area contributed by atoms with Crippen LogP contribution in [-0.2, 0) is 9.59 Å². The first-order valence-corrected chi connectivity index (χ1v) is 5.06. The number of aliphatic carboxylic acids is 2. The van der Waals surface area contributed by atoms with Crippen LogP contribution in [0.2, 0.25) is 0 Å². The molecular formula is C10H20O4Sr. The fourth-order valence-electron chi connectivity index (χ4n) is 1.26. The summed E-state index contributed by atoms with van der Waals surface area (Å²) in [6.45, 7) is 0. The fourth-order valence-corrected chi connectivity index (χ4v) is 1.26. The van der Waals surface area contributed by atoms with E-state index < -0.39 is 11.9 Å². The molecule has 4 nitrogen and oxygen atoms in total. The Bertz CT molecular complexity index is 162. The van der Waals surface area contributed by atoms with E-state index in [9.17, 15) is 9.59 Å². The quantitative estimate of drug-likeness (QED) is 0.497. The van der Waals surface area contributed by atoms with Gasteiger partial charge in [-0.25, -0.2) is 0 Å². The molecule has 0 aromatic carbocycles. The molecule has 0 bridgehead atoms. The van der Waals surface area contributed by atoms with Gasteiger partial charge < -0.3 is 10.2 Å². The zero-order valence-corrected chi connectivity index (χ0v) is 8.37. The standard InChI is InChI=1S/C10H18O4.Sr.2H/c11-9(12)7-5-3-1-2-4-6-8-10(13)14;;;/h1-8H2,(H,11,12)(H,13,14);;;. The topological polar surface area (TPSA) is 74.6 Å². The van der Waals surface area contributed by atoms with Crippen molar-refractivity contribution < 1.29 is 19.8 Å². The van der Waals surface area contributed by atoms with Crippen molar-refractivity contribution in [1.29, 1.82) is 0 Å². The monoisotopic (exact) mass is 292 g/mol. The van der Waals surface area contributed by atoms with Crippen molar-refractivity contribution in [3.63, 3.8) is 0 Å². The molecule has 0 aromatic heterocycles. The van der Waals surface area contributed by atoms with Gasteiger partial charge in [-0.1, -0.05) is 25.7 Å². The van der Waals surface area contributed by atoms with E-state index in [1.165, 1.54) is 0 Å². The Morgan fingerprint density at radius 1 is 0.667 bits per heavy atom. The van der Waals surface area contributed by atoms with Crippen LogP contribution in [-0.4, -0.2) is 67.6 Å². The van der Waals surface area contributed by atoms with Crippen LogP contribution in [0, 0.1) is 0 Å². The third-order valence-corrected chi connectivity index (χ3v) is 2.03. The molecule has 0 amide bonds. The van der Waals surface area contributed by atoms with E-state index in [1.54, 1.807) is 0 Å². The summed E-state index contributed by atoms with van der Waals surface area (Å²) in [5, 5.41) is 16.7. The van der Waals surface area contributed by atoms with Gasteiger partial charge in [0, 0.05) is 12.8 Å². The Morgan fingerprint density at radius 2 is 0.933 bits per heavy atom. The third-order valence-electron chi connectivity index (χ3n) is 2.03. The van der Waals surface area contributed by atoms with E-state index in [1.807, 2.05) is 0 Å². The van der Waals surface area contributed by atoms with Gasteiger partial charge in [0.1, 0.15) is 0 Å². The van der Waals surface area contributed by atoms with Crippen LogP contribution in [0.3, 0.4) is 0 Å². The molecule has 0 radical (unpaired) electrons. The number of hydrogen-bond donors (Lipinski definition) is 2. The Morgan fingerprint density at radius 3 is 1.20 bits per heavy atom. The van der Waals surface area contributed by atoms with Gasteiger partial charge in [-0.15, -0.1) is 0 Å². The van der Waals surface area contributed by atoms with E-state index in [-0.39, 0.29) is 58.3 Å². The van der Waals surface area contributed by atoms with E-state index in [0.717, 1.165) is 38.5 Å². The average Bonchev–Trinajstić information content (AvgIpc) is 2.08. The zero-order chi connectivity index (χ0) is 10.8. The second-order valence-electron chi connectivity index (χ2n) is 3.41. The van der Waals surface area contributed by atoms with Crippen LogP contribution < -0.4 is 0 Å². The molecule has 86 valence electrons. The van der Waals surface area contributed by atoms with E-state index in [0.29, 0.717) is 0 Å². The molecule has 0 aliphatic rings. The Balaban J connectivity index is 0. The van der Waals surface area contributed by atoms with Crippen LogP contribution in [0.5, 0.6) is 0 Å². The normalized spacial score (nSPS) is 9.33. The minimum absolute atomic E-state index is 0. The average molecular weight is 292 g/mol. The second kappa shape index (κ2) is 12.5. The summed E-state index contributed by atoms with van der Waals surface area (Å²) < 4.78 is 0. The van der Waals surface area contributed by atoms with E-state index in [4.69, 9.17) is 10.2 Å². The van der Waals surface area contributed by atoms with Gasteiger partial charge in [0.25, 0.3) is 0 Å². The molecular weight excluding hydrogens is 272 g/mol. The van der Waals surface area contributed by atoms with Crippen LogP contribution in [0.25, 0.3) is 0 Å². The van der Waals surface area contributed by atoms with Crippen molar-refractivity contribution in [2.24, 2.45) is 0 Å². The van der Waals surface area contributed by atoms with Crippen molar-refractivity contribution in [2.45, 2.75) is 51.4 Å². The first kappa shape index (κ1) is 17.8. The van der Waals surface area contributed by atoms with Gasteiger partial charge in [-0.05, 0) is 12.8 Å². The van der Waals surface area contributed by atoms with Crippen LogP contribution in [0.15, 0.2) is 0 Å². The summed E-state index contributed by atoms with van der Waals surface area (Å²) in [5.74, 6) is -1.48. The Kier molecular flexibility index (Phi) is 14.8. The van der Waals surface area contributed by atoms with Gasteiger partial charge >= 0.3 is 57.4 Å². The summed E-state index contributed by atoms with van der Waals surface area (Å²) in [5.41, 5.74) is 0. The molecule has 0 aliphatic heterocycles. The van der Waals surface area contributed by atoms with Gasteiger partial charge in [0.05, 0.1) is 0 Å². The van der Waals surface area contributed by atoms with Crippen molar-refractivity contribution in [1.82, 2.24) is 0 Å². The van der Waals surface area contributed by atoms with Crippen molar-refractivity contribution >= 4 is 57.4 Å². The summed E-state index contributed by atoms with van der Waals surface area (Å²) in [6, 6.07) is 0. The van der Waals surface area contributed by atoms with Gasteiger partial charge in [-0.3, -0.25) is 9.59 Å². The second-order valence-corrected chi connectivity index (χ2v) is 3.41. The number of carbonyl (C=O) groups is 2. The first-order chi connectivity index (χ1) is 6.63. The molecule has 0 aliphatic carbocycles. The Hall–Kier alpha value is 0.421. The van der Waals surface area contributed by atoms with Gasteiger partial charge in [0.2, 0.25) is 0 Å². The number of rotatable bonds is 9. The molecule has 0 aromatic rings. The SMILES string of the molecule is O=C(O)CCCCCCCCC(=O)O.[SrH2]. The Labute approximate surface area is 127 Å². The minimum atomic E-state index is -0.740. The molecule has 0 rings (SSSR count). The van der Waals surface area contributed by atoms with Crippen LogP contribution in [0.1, 0.15) is 51.4 Å². The summed E-state index contributed by atoms with van der Waals surface area (Å²) in [7, 11) is 0. The summed E-state index contributed by atoms with van der Waals surface area (Å²) in [6.07, 6.45) is 5.82. The molecule has 0 fully saturated rings. The number of hydrogen-bond acceptors (Lipinski definition) is 2. The number of unbranched alkanes of at least 4 members (excludes halogenated alkanes) is 5. The molecule has 0 saturated carbocycles. The molecule has 0 heterocycles. The molecule has 0 atom stereocenters. The van der Waals surface area contributed by atoms with Crippen LogP contribution >= 0.6 is 0 Å². The summed E-state index contributed by atoms with van der Waals surface area (Å²) in [4.78, 5) is 20.3. The predicted molar refractivity (Wildman–Crippen MR) is 60.8 cm³/mol. The van der Waals surface area contributed by atoms with Crippen molar-refractivity contribution in [3.05, 3.63) is 0 Å². The zero-order valence-electron chi connectivity index (χ0n) is 8.37. The molecule has 2 N–H and O–H groups in total. The van der Waals surface area contributed by atoms with E-state index in [2.05, 4.69) is 0 Å². The van der Waals surface area contributed by atoms with Gasteiger partial charge in [-0.2, -0.15) is 0 Å². The van der Waals surface area contributed by atoms with E-state index >= 15 is 0 Å². The van der Waals surface area contributed by atoms with Crippen molar-refractivity contribution in [2.75, 3.05) is 0 Å². The molecule has 0 saturated heterocycles. The fraction of sp³-hybridized carbons (Fsp3) is 0.800. The molecule has 0 unspecified atom stereocenters. The number of carboxylic acid groups (broad SMARTS) is 2. The third kappa shape index (κ3) is 17.1. The molecule has 0 spiro atoms. The number of carboxylic acids is 2. The first-order valence-electron chi connectivity index (χ1n) is 5.06. The summed E-state index contributed by atoms with van der Waals surface area (Å²) >= 11 is 0. The predicted octanol–water partition coefficient (Wildman–Crippen LogP) is 1.36. The van der Waals surface area contributed by atoms with Crippen LogP contribution in [0.4, 0.5) is 0 Å². The maximum absolute atomic E-state index is 10.1. The molecule has 5 heteroatoms. The molecule has 15 heavy (non-hydrogen) atoms. The van der Waals surface area contributed by atoms with Gasteiger partial charge in [0.15, 0.2) is 0 Å². The maximum atomic E-state index is 10.1.